The average molecular weight is 294 g/mol. The van der Waals surface area contributed by atoms with Gasteiger partial charge in [0, 0.05) is 16.5 Å². The van der Waals surface area contributed by atoms with Crippen LogP contribution in [0.15, 0.2) is 22.2 Å². The lowest BCUT2D eigenvalue weighted by Crippen LogP contribution is -2.22. The molecule has 0 spiro atoms. The molecule has 2 nitrogen and oxygen atoms in total. The number of hydrogen-bond acceptors (Lipinski definition) is 2. The van der Waals surface area contributed by atoms with Gasteiger partial charge in [0.15, 0.2) is 0 Å². The summed E-state index contributed by atoms with van der Waals surface area (Å²) in [5.74, 6) is 1.10. The van der Waals surface area contributed by atoms with E-state index >= 15 is 0 Å². The monoisotopic (exact) mass is 293 g/mol. The summed E-state index contributed by atoms with van der Waals surface area (Å²) in [6, 6.07) is 4.34. The lowest BCUT2D eigenvalue weighted by Gasteiger charge is -2.16. The Bertz CT molecular complexity index is 460. The smallest absolute Gasteiger partial charge is 0.129 e. The normalized spacial score (nSPS) is 18.8. The van der Waals surface area contributed by atoms with Gasteiger partial charge in [-0.3, -0.25) is 0 Å². The van der Waals surface area contributed by atoms with Crippen LogP contribution in [0.25, 0.3) is 6.08 Å². The molecule has 0 amide bonds. The molecular formula is C14H16BrNO. The van der Waals surface area contributed by atoms with Crippen LogP contribution in [0.2, 0.25) is 0 Å². The summed E-state index contributed by atoms with van der Waals surface area (Å²) >= 11 is 3.58. The standard InChI is InChI=1S/C14H16BrNO/c15-13-8-11-3-6-17-14(11)12(9-13)7-10-1-4-16-5-2-10/h7-9,16H,1-6H2. The molecule has 1 saturated heterocycles. The van der Waals surface area contributed by atoms with E-state index in [1.165, 1.54) is 16.7 Å². The van der Waals surface area contributed by atoms with Gasteiger partial charge < -0.3 is 10.1 Å². The minimum Gasteiger partial charge on any atom is -0.492 e. The zero-order valence-electron chi connectivity index (χ0n) is 9.76. The fourth-order valence-corrected chi connectivity index (χ4v) is 3.04. The van der Waals surface area contributed by atoms with Crippen molar-refractivity contribution >= 4 is 22.0 Å². The molecule has 0 bridgehead atoms. The fourth-order valence-electron chi connectivity index (χ4n) is 2.52. The largest absolute Gasteiger partial charge is 0.492 e. The maximum absolute atomic E-state index is 5.75. The number of halogens is 1. The molecule has 0 saturated carbocycles. The lowest BCUT2D eigenvalue weighted by molar-refractivity contribution is 0.356. The summed E-state index contributed by atoms with van der Waals surface area (Å²) in [7, 11) is 0. The Kier molecular flexibility index (Phi) is 3.21. The molecule has 17 heavy (non-hydrogen) atoms. The molecule has 1 aromatic carbocycles. The van der Waals surface area contributed by atoms with E-state index in [-0.39, 0.29) is 0 Å². The maximum Gasteiger partial charge on any atom is 0.129 e. The number of nitrogens with one attached hydrogen (secondary N) is 1. The van der Waals surface area contributed by atoms with Crippen molar-refractivity contribution < 1.29 is 4.74 Å². The summed E-state index contributed by atoms with van der Waals surface area (Å²) in [5.41, 5.74) is 4.10. The van der Waals surface area contributed by atoms with Crippen LogP contribution in [0.3, 0.4) is 0 Å². The summed E-state index contributed by atoms with van der Waals surface area (Å²) in [6.07, 6.45) is 5.66. The van der Waals surface area contributed by atoms with Crippen molar-refractivity contribution in [1.82, 2.24) is 5.32 Å². The zero-order chi connectivity index (χ0) is 11.7. The molecule has 3 rings (SSSR count). The average Bonchev–Trinajstić information content (AvgIpc) is 2.78. The van der Waals surface area contributed by atoms with Crippen molar-refractivity contribution in [3.05, 3.63) is 33.3 Å². The van der Waals surface area contributed by atoms with Crippen molar-refractivity contribution in [1.29, 1.82) is 0 Å². The predicted molar refractivity (Wildman–Crippen MR) is 73.4 cm³/mol. The van der Waals surface area contributed by atoms with Crippen molar-refractivity contribution in [3.63, 3.8) is 0 Å². The number of benzene rings is 1. The van der Waals surface area contributed by atoms with Crippen LogP contribution in [-0.4, -0.2) is 19.7 Å². The van der Waals surface area contributed by atoms with Gasteiger partial charge in [-0.05, 0) is 43.6 Å². The summed E-state index contributed by atoms with van der Waals surface area (Å²) in [6.45, 7) is 3.02. The van der Waals surface area contributed by atoms with Crippen LogP contribution in [0.5, 0.6) is 5.75 Å². The Balaban J connectivity index is 1.97. The number of fused-ring (bicyclic) bond motifs is 1. The summed E-state index contributed by atoms with van der Waals surface area (Å²) in [5, 5.41) is 3.38. The first kappa shape index (κ1) is 11.3. The second-order valence-electron chi connectivity index (χ2n) is 4.63. The zero-order valence-corrected chi connectivity index (χ0v) is 11.3. The van der Waals surface area contributed by atoms with Gasteiger partial charge in [0.25, 0.3) is 0 Å². The van der Waals surface area contributed by atoms with Gasteiger partial charge in [-0.15, -0.1) is 0 Å². The van der Waals surface area contributed by atoms with Gasteiger partial charge in [-0.25, -0.2) is 0 Å². The van der Waals surface area contributed by atoms with Gasteiger partial charge in [0.1, 0.15) is 5.75 Å². The van der Waals surface area contributed by atoms with Crippen molar-refractivity contribution in [2.24, 2.45) is 0 Å². The minimum atomic E-state index is 0.823. The first-order chi connectivity index (χ1) is 8.33. The highest BCUT2D eigenvalue weighted by atomic mass is 79.9. The number of piperidine rings is 1. The third-order valence-corrected chi connectivity index (χ3v) is 3.84. The molecule has 0 unspecified atom stereocenters. The second-order valence-corrected chi connectivity index (χ2v) is 5.55. The molecule has 0 radical (unpaired) electrons. The van der Waals surface area contributed by atoms with Crippen LogP contribution in [-0.2, 0) is 6.42 Å². The third kappa shape index (κ3) is 2.40. The van der Waals surface area contributed by atoms with E-state index in [4.69, 9.17) is 4.74 Å². The molecule has 90 valence electrons. The molecule has 1 fully saturated rings. The van der Waals surface area contributed by atoms with Crippen LogP contribution in [0, 0.1) is 0 Å². The molecule has 0 aromatic heterocycles. The van der Waals surface area contributed by atoms with Crippen molar-refractivity contribution in [3.8, 4) is 5.75 Å². The Morgan fingerprint density at radius 3 is 2.82 bits per heavy atom. The van der Waals surface area contributed by atoms with E-state index in [0.29, 0.717) is 0 Å². The van der Waals surface area contributed by atoms with Gasteiger partial charge in [0.05, 0.1) is 6.61 Å². The topological polar surface area (TPSA) is 21.3 Å². The molecule has 3 heteroatoms. The second kappa shape index (κ2) is 4.83. The van der Waals surface area contributed by atoms with Gasteiger partial charge in [0.2, 0.25) is 0 Å². The Morgan fingerprint density at radius 2 is 2.00 bits per heavy atom. The van der Waals surface area contributed by atoms with Gasteiger partial charge in [-0.1, -0.05) is 27.6 Å². The molecule has 2 aliphatic rings. The van der Waals surface area contributed by atoms with E-state index in [0.717, 1.165) is 49.2 Å². The highest BCUT2D eigenvalue weighted by molar-refractivity contribution is 9.10. The van der Waals surface area contributed by atoms with Crippen LogP contribution >= 0.6 is 15.9 Å². The molecule has 0 aliphatic carbocycles. The van der Waals surface area contributed by atoms with Crippen molar-refractivity contribution in [2.75, 3.05) is 19.7 Å². The third-order valence-electron chi connectivity index (χ3n) is 3.38. The number of ether oxygens (including phenoxy) is 1. The Hall–Kier alpha value is -0.800. The first-order valence-electron chi connectivity index (χ1n) is 6.18. The highest BCUT2D eigenvalue weighted by Crippen LogP contribution is 2.34. The quantitative estimate of drug-likeness (QED) is 0.859. The first-order valence-corrected chi connectivity index (χ1v) is 6.97. The molecule has 2 aliphatic heterocycles. The molecule has 1 N–H and O–H groups in total. The maximum atomic E-state index is 5.75. The number of rotatable bonds is 1. The molecule has 1 aromatic rings. The van der Waals surface area contributed by atoms with Crippen molar-refractivity contribution in [2.45, 2.75) is 19.3 Å². The van der Waals surface area contributed by atoms with E-state index in [1.807, 2.05) is 0 Å². The van der Waals surface area contributed by atoms with Gasteiger partial charge in [-0.2, -0.15) is 0 Å². The van der Waals surface area contributed by atoms with Crippen LogP contribution in [0.4, 0.5) is 0 Å². The van der Waals surface area contributed by atoms with Gasteiger partial charge >= 0.3 is 0 Å². The predicted octanol–water partition coefficient (Wildman–Crippen LogP) is 3.15. The van der Waals surface area contributed by atoms with E-state index < -0.39 is 0 Å². The summed E-state index contributed by atoms with van der Waals surface area (Å²) < 4.78 is 6.90. The SMILES string of the molecule is Brc1cc(C=C2CCNCC2)c2c(c1)CCO2. The Morgan fingerprint density at radius 1 is 1.18 bits per heavy atom. The van der Waals surface area contributed by atoms with E-state index in [1.54, 1.807) is 0 Å². The molecule has 0 atom stereocenters. The lowest BCUT2D eigenvalue weighted by atomic mass is 10.0. The van der Waals surface area contributed by atoms with Crippen LogP contribution < -0.4 is 10.1 Å². The molecule has 2 heterocycles. The molecular weight excluding hydrogens is 278 g/mol. The Labute approximate surface area is 110 Å². The minimum absolute atomic E-state index is 0.823. The van der Waals surface area contributed by atoms with E-state index in [9.17, 15) is 0 Å². The summed E-state index contributed by atoms with van der Waals surface area (Å²) in [4.78, 5) is 0. The van der Waals surface area contributed by atoms with E-state index in [2.05, 4.69) is 39.5 Å². The highest BCUT2D eigenvalue weighted by Gasteiger charge is 2.17. The van der Waals surface area contributed by atoms with Crippen LogP contribution in [0.1, 0.15) is 24.0 Å². The number of hydrogen-bond donors (Lipinski definition) is 1. The fraction of sp³-hybridized carbons (Fsp3) is 0.429.